The molecule has 0 saturated heterocycles. The second-order valence-electron chi connectivity index (χ2n) is 0.993. The Morgan fingerprint density at radius 1 is 2.00 bits per heavy atom. The van der Waals surface area contributed by atoms with Crippen molar-refractivity contribution in [3.8, 4) is 0 Å². The molecule has 0 amide bonds. The lowest BCUT2D eigenvalue weighted by Gasteiger charge is -1.95. The molecular formula is C3H9N2. The van der Waals surface area contributed by atoms with Crippen molar-refractivity contribution < 1.29 is 0 Å². The van der Waals surface area contributed by atoms with Crippen molar-refractivity contribution in [3.05, 3.63) is 7.05 Å². The van der Waals surface area contributed by atoms with Crippen molar-refractivity contribution in [1.29, 1.82) is 0 Å². The summed E-state index contributed by atoms with van der Waals surface area (Å²) in [6.07, 6.45) is 0.0231. The van der Waals surface area contributed by atoms with Crippen molar-refractivity contribution in [2.75, 3.05) is 0 Å². The van der Waals surface area contributed by atoms with Gasteiger partial charge in [-0.05, 0) is 6.92 Å². The molecular weight excluding hydrogens is 64.0 g/mol. The number of rotatable bonds is 1. The third-order valence-electron chi connectivity index (χ3n) is 0.322. The van der Waals surface area contributed by atoms with Gasteiger partial charge in [0, 0.05) is 7.05 Å². The quantitative estimate of drug-likeness (QED) is 0.417. The Morgan fingerprint density at radius 2 is 2.20 bits per heavy atom. The maximum Gasteiger partial charge on any atom is 0.0517 e. The maximum absolute atomic E-state index is 5.12. The van der Waals surface area contributed by atoms with Gasteiger partial charge in [-0.3, -0.25) is 0 Å². The fourth-order valence-corrected chi connectivity index (χ4v) is 0. The Kier molecular flexibility index (Phi) is 2.14. The molecule has 0 aliphatic carbocycles. The second kappa shape index (κ2) is 2.18. The van der Waals surface area contributed by atoms with Gasteiger partial charge in [0.05, 0.1) is 6.17 Å². The fraction of sp³-hybridized carbons (Fsp3) is 0.667. The standard InChI is InChI=1S/C3H9N2/c1-3(4)5-2/h3,5H,2,4H2,1H3/t3-/m1/s1. The number of nitrogens with one attached hydrogen (secondary N) is 1. The van der Waals surface area contributed by atoms with E-state index in [4.69, 9.17) is 5.73 Å². The van der Waals surface area contributed by atoms with E-state index in [1.807, 2.05) is 6.92 Å². The van der Waals surface area contributed by atoms with E-state index in [1.54, 1.807) is 0 Å². The number of nitrogens with two attached hydrogens (primary N) is 1. The minimum Gasteiger partial charge on any atom is -0.316 e. The first kappa shape index (κ1) is 4.92. The van der Waals surface area contributed by atoms with Crippen LogP contribution in [0.1, 0.15) is 6.92 Å². The van der Waals surface area contributed by atoms with Crippen LogP contribution < -0.4 is 11.1 Å². The molecule has 5 heavy (non-hydrogen) atoms. The first-order valence-electron chi connectivity index (χ1n) is 1.55. The summed E-state index contributed by atoms with van der Waals surface area (Å²) in [5, 5.41) is 2.56. The Bertz CT molecular complexity index is 18.9. The zero-order chi connectivity index (χ0) is 4.28. The largest absolute Gasteiger partial charge is 0.316 e. The first-order chi connectivity index (χ1) is 2.27. The normalized spacial score (nSPS) is 15.0. The van der Waals surface area contributed by atoms with Crippen LogP contribution in [-0.4, -0.2) is 6.17 Å². The summed E-state index contributed by atoms with van der Waals surface area (Å²) < 4.78 is 0. The van der Waals surface area contributed by atoms with Crippen LogP contribution >= 0.6 is 0 Å². The van der Waals surface area contributed by atoms with Crippen LogP contribution in [0.3, 0.4) is 0 Å². The zero-order valence-electron chi connectivity index (χ0n) is 3.36. The highest BCUT2D eigenvalue weighted by Crippen LogP contribution is 1.54. The van der Waals surface area contributed by atoms with Crippen LogP contribution in [0.25, 0.3) is 0 Å². The van der Waals surface area contributed by atoms with Crippen LogP contribution in [0.15, 0.2) is 0 Å². The third-order valence-corrected chi connectivity index (χ3v) is 0.322. The van der Waals surface area contributed by atoms with E-state index in [-0.39, 0.29) is 6.17 Å². The molecule has 0 aliphatic rings. The van der Waals surface area contributed by atoms with E-state index >= 15 is 0 Å². The molecule has 1 radical (unpaired) electrons. The van der Waals surface area contributed by atoms with Crippen LogP contribution in [0, 0.1) is 7.05 Å². The molecule has 0 bridgehead atoms. The van der Waals surface area contributed by atoms with Gasteiger partial charge < -0.3 is 11.1 Å². The van der Waals surface area contributed by atoms with E-state index in [2.05, 4.69) is 12.4 Å². The van der Waals surface area contributed by atoms with Gasteiger partial charge in [0.15, 0.2) is 0 Å². The van der Waals surface area contributed by atoms with E-state index in [9.17, 15) is 0 Å². The lowest BCUT2D eigenvalue weighted by molar-refractivity contribution is 0.667. The van der Waals surface area contributed by atoms with Crippen LogP contribution in [0.5, 0.6) is 0 Å². The van der Waals surface area contributed by atoms with Crippen LogP contribution in [-0.2, 0) is 0 Å². The molecule has 0 saturated carbocycles. The summed E-state index contributed by atoms with van der Waals surface area (Å²) in [5.74, 6) is 0. The Morgan fingerprint density at radius 3 is 2.20 bits per heavy atom. The fourth-order valence-electron chi connectivity index (χ4n) is 0. The minimum absolute atomic E-state index is 0.0231. The summed E-state index contributed by atoms with van der Waals surface area (Å²) in [7, 11) is 3.31. The highest BCUT2D eigenvalue weighted by Gasteiger charge is 1.76. The van der Waals surface area contributed by atoms with E-state index in [1.165, 1.54) is 0 Å². The number of hydrogen-bond acceptors (Lipinski definition) is 2. The maximum atomic E-state index is 5.12. The van der Waals surface area contributed by atoms with E-state index < -0.39 is 0 Å². The topological polar surface area (TPSA) is 38.0 Å². The summed E-state index contributed by atoms with van der Waals surface area (Å²) >= 11 is 0. The van der Waals surface area contributed by atoms with Gasteiger partial charge in [-0.15, -0.1) is 0 Å². The second-order valence-corrected chi connectivity index (χ2v) is 0.993. The predicted molar refractivity (Wildman–Crippen MR) is 22.1 cm³/mol. The molecule has 2 nitrogen and oxygen atoms in total. The molecule has 2 heteroatoms. The van der Waals surface area contributed by atoms with Gasteiger partial charge >= 0.3 is 0 Å². The average molecular weight is 73.1 g/mol. The van der Waals surface area contributed by atoms with Gasteiger partial charge in [0.25, 0.3) is 0 Å². The molecule has 0 rings (SSSR count). The highest BCUT2D eigenvalue weighted by atomic mass is 15.0. The van der Waals surface area contributed by atoms with E-state index in [0.29, 0.717) is 0 Å². The van der Waals surface area contributed by atoms with Gasteiger partial charge in [0.1, 0.15) is 0 Å². The minimum atomic E-state index is 0.0231. The molecule has 1 atom stereocenters. The molecule has 0 aliphatic heterocycles. The molecule has 31 valence electrons. The van der Waals surface area contributed by atoms with E-state index in [0.717, 1.165) is 0 Å². The van der Waals surface area contributed by atoms with Gasteiger partial charge in [-0.25, -0.2) is 0 Å². The summed E-state index contributed by atoms with van der Waals surface area (Å²) in [6, 6.07) is 0. The first-order valence-corrected chi connectivity index (χ1v) is 1.55. The predicted octanol–water partition coefficient (Wildman–Crippen LogP) is -0.328. The average Bonchev–Trinajstić information content (AvgIpc) is 1.38. The van der Waals surface area contributed by atoms with Gasteiger partial charge in [0.2, 0.25) is 0 Å². The highest BCUT2D eigenvalue weighted by molar-refractivity contribution is 4.43. The molecule has 0 unspecified atom stereocenters. The van der Waals surface area contributed by atoms with Gasteiger partial charge in [-0.1, -0.05) is 0 Å². The Labute approximate surface area is 32.4 Å². The van der Waals surface area contributed by atoms with Crippen LogP contribution in [0.2, 0.25) is 0 Å². The molecule has 0 aromatic carbocycles. The lowest BCUT2D eigenvalue weighted by atomic mass is 10.6. The zero-order valence-corrected chi connectivity index (χ0v) is 3.36. The van der Waals surface area contributed by atoms with Crippen LogP contribution in [0.4, 0.5) is 0 Å². The SMILES string of the molecule is [CH2]N[C@H](C)N. The molecule has 0 aromatic rings. The molecule has 3 N–H and O–H groups in total. The molecule has 0 fully saturated rings. The Hall–Kier alpha value is -0.0800. The van der Waals surface area contributed by atoms with Crippen molar-refractivity contribution in [2.45, 2.75) is 13.1 Å². The molecule has 0 aromatic heterocycles. The molecule has 0 spiro atoms. The summed E-state index contributed by atoms with van der Waals surface area (Å²) in [5.41, 5.74) is 5.12. The molecule has 0 heterocycles. The van der Waals surface area contributed by atoms with Gasteiger partial charge in [-0.2, -0.15) is 0 Å². The Balaban J connectivity index is 2.54. The van der Waals surface area contributed by atoms with Crippen molar-refractivity contribution in [2.24, 2.45) is 5.73 Å². The summed E-state index contributed by atoms with van der Waals surface area (Å²) in [6.45, 7) is 1.83. The van der Waals surface area contributed by atoms with Crippen molar-refractivity contribution in [1.82, 2.24) is 5.32 Å². The van der Waals surface area contributed by atoms with Crippen molar-refractivity contribution in [3.63, 3.8) is 0 Å². The third kappa shape index (κ3) is 3.92. The van der Waals surface area contributed by atoms with Crippen molar-refractivity contribution >= 4 is 0 Å². The smallest absolute Gasteiger partial charge is 0.0517 e. The monoisotopic (exact) mass is 73.1 g/mol. The lowest BCUT2D eigenvalue weighted by Crippen LogP contribution is -2.28. The summed E-state index contributed by atoms with van der Waals surface area (Å²) in [4.78, 5) is 0. The number of hydrogen-bond donors (Lipinski definition) is 2.